The normalized spacial score (nSPS) is 14.7. The molecule has 2 N–H and O–H groups in total. The number of halogens is 1. The van der Waals surface area contributed by atoms with Crippen molar-refractivity contribution in [3.8, 4) is 5.75 Å². The smallest absolute Gasteiger partial charge is 0.328 e. The fourth-order valence-electron chi connectivity index (χ4n) is 1.69. The van der Waals surface area contributed by atoms with Gasteiger partial charge in [-0.1, -0.05) is 11.6 Å². The molecule has 1 fully saturated rings. The predicted molar refractivity (Wildman–Crippen MR) is 72.3 cm³/mol. The number of nitrogens with one attached hydrogen (secondary N) is 2. The van der Waals surface area contributed by atoms with Crippen molar-refractivity contribution in [3.63, 3.8) is 0 Å². The number of rotatable bonds is 3. The first kappa shape index (κ1) is 14.1. The molecule has 1 aliphatic heterocycles. The van der Waals surface area contributed by atoms with E-state index in [2.05, 4.69) is 0 Å². The van der Waals surface area contributed by atoms with Crippen LogP contribution in [0.1, 0.15) is 12.5 Å². The molecule has 1 aromatic rings. The molecule has 2 rings (SSSR count). The number of urea groups is 1. The van der Waals surface area contributed by atoms with Crippen LogP contribution in [0.2, 0.25) is 5.02 Å². The molecule has 0 unspecified atom stereocenters. The van der Waals surface area contributed by atoms with E-state index in [0.717, 1.165) is 0 Å². The van der Waals surface area contributed by atoms with E-state index in [1.54, 1.807) is 18.2 Å². The molecule has 1 heterocycles. The van der Waals surface area contributed by atoms with Crippen LogP contribution in [0.5, 0.6) is 5.75 Å². The van der Waals surface area contributed by atoms with Gasteiger partial charge in [0.2, 0.25) is 0 Å². The lowest BCUT2D eigenvalue weighted by molar-refractivity contribution is -0.123. The van der Waals surface area contributed by atoms with Gasteiger partial charge in [-0.15, -0.1) is 0 Å². The summed E-state index contributed by atoms with van der Waals surface area (Å²) in [5, 5.41) is 4.40. The summed E-state index contributed by atoms with van der Waals surface area (Å²) in [7, 11) is 0. The summed E-state index contributed by atoms with van der Waals surface area (Å²) in [6.45, 7) is 2.29. The Morgan fingerprint density at radius 3 is 2.40 bits per heavy atom. The van der Waals surface area contributed by atoms with Gasteiger partial charge in [-0.2, -0.15) is 0 Å². The molecule has 0 aliphatic carbocycles. The molecule has 0 atom stereocenters. The lowest BCUT2D eigenvalue weighted by Crippen LogP contribution is -2.51. The van der Waals surface area contributed by atoms with E-state index < -0.39 is 17.8 Å². The SMILES string of the molecule is CCOc1cc(Cl)cc(C=C2C(=O)NC(=O)NC2=O)c1. The van der Waals surface area contributed by atoms with Crippen molar-refractivity contribution in [1.29, 1.82) is 0 Å². The lowest BCUT2D eigenvalue weighted by Gasteiger charge is -2.14. The minimum Gasteiger partial charge on any atom is -0.494 e. The van der Waals surface area contributed by atoms with Crippen LogP contribution < -0.4 is 15.4 Å². The zero-order valence-corrected chi connectivity index (χ0v) is 11.3. The first-order valence-corrected chi connectivity index (χ1v) is 6.19. The highest BCUT2D eigenvalue weighted by Crippen LogP contribution is 2.23. The van der Waals surface area contributed by atoms with Crippen LogP contribution in [-0.2, 0) is 9.59 Å². The molecule has 104 valence electrons. The molecule has 0 radical (unpaired) electrons. The van der Waals surface area contributed by atoms with Gasteiger partial charge in [0.05, 0.1) is 6.61 Å². The van der Waals surface area contributed by atoms with Crippen molar-refractivity contribution >= 4 is 35.5 Å². The Morgan fingerprint density at radius 1 is 1.15 bits per heavy atom. The first-order valence-electron chi connectivity index (χ1n) is 5.81. The van der Waals surface area contributed by atoms with Crippen molar-refractivity contribution in [2.45, 2.75) is 6.92 Å². The summed E-state index contributed by atoms with van der Waals surface area (Å²) < 4.78 is 5.32. The summed E-state index contributed by atoms with van der Waals surface area (Å²) in [5.41, 5.74) is 0.352. The predicted octanol–water partition coefficient (Wildman–Crippen LogP) is 1.49. The Labute approximate surface area is 119 Å². The first-order chi connectivity index (χ1) is 9.49. The van der Waals surface area contributed by atoms with Gasteiger partial charge in [0.25, 0.3) is 11.8 Å². The van der Waals surface area contributed by atoms with Crippen LogP contribution in [0, 0.1) is 0 Å². The maximum Gasteiger partial charge on any atom is 0.328 e. The molecule has 7 heteroatoms. The molecule has 1 aromatic carbocycles. The number of hydrogen-bond acceptors (Lipinski definition) is 4. The summed E-state index contributed by atoms with van der Waals surface area (Å²) in [6, 6.07) is 4.00. The van der Waals surface area contributed by atoms with Gasteiger partial charge < -0.3 is 4.74 Å². The van der Waals surface area contributed by atoms with Gasteiger partial charge >= 0.3 is 6.03 Å². The second kappa shape index (κ2) is 5.75. The highest BCUT2D eigenvalue weighted by molar-refractivity contribution is 6.32. The van der Waals surface area contributed by atoms with Crippen LogP contribution >= 0.6 is 11.6 Å². The number of benzene rings is 1. The summed E-state index contributed by atoms with van der Waals surface area (Å²) >= 11 is 5.93. The van der Waals surface area contributed by atoms with Crippen LogP contribution in [0.25, 0.3) is 6.08 Å². The molecule has 0 aromatic heterocycles. The van der Waals surface area contributed by atoms with E-state index in [-0.39, 0.29) is 5.57 Å². The number of amides is 4. The molecule has 4 amide bonds. The van der Waals surface area contributed by atoms with E-state index in [4.69, 9.17) is 16.3 Å². The Morgan fingerprint density at radius 2 is 1.80 bits per heavy atom. The second-order valence-electron chi connectivity index (χ2n) is 3.95. The topological polar surface area (TPSA) is 84.5 Å². The van der Waals surface area contributed by atoms with Crippen LogP contribution in [-0.4, -0.2) is 24.5 Å². The maximum absolute atomic E-state index is 11.6. The van der Waals surface area contributed by atoms with E-state index in [0.29, 0.717) is 22.9 Å². The van der Waals surface area contributed by atoms with E-state index >= 15 is 0 Å². The number of ether oxygens (including phenoxy) is 1. The zero-order chi connectivity index (χ0) is 14.7. The summed E-state index contributed by atoms with van der Waals surface area (Å²) in [5.74, 6) is -0.979. The molecule has 0 spiro atoms. The minimum absolute atomic E-state index is 0.172. The Hall–Kier alpha value is -2.34. The number of carbonyl (C=O) groups is 3. The molecule has 0 saturated carbocycles. The van der Waals surface area contributed by atoms with Crippen molar-refractivity contribution in [3.05, 3.63) is 34.4 Å². The van der Waals surface area contributed by atoms with Gasteiger partial charge in [0.1, 0.15) is 11.3 Å². The number of barbiturate groups is 1. The van der Waals surface area contributed by atoms with E-state index in [1.165, 1.54) is 6.08 Å². The zero-order valence-electron chi connectivity index (χ0n) is 10.5. The second-order valence-corrected chi connectivity index (χ2v) is 4.39. The van der Waals surface area contributed by atoms with Gasteiger partial charge in [-0.25, -0.2) is 4.79 Å². The molecule has 1 aliphatic rings. The minimum atomic E-state index is -0.835. The third-order valence-corrected chi connectivity index (χ3v) is 2.68. The van der Waals surface area contributed by atoms with E-state index in [9.17, 15) is 14.4 Å². The molecule has 20 heavy (non-hydrogen) atoms. The highest BCUT2D eigenvalue weighted by atomic mass is 35.5. The van der Waals surface area contributed by atoms with E-state index in [1.807, 2.05) is 17.6 Å². The van der Waals surface area contributed by atoms with Gasteiger partial charge in [-0.05, 0) is 36.8 Å². The van der Waals surface area contributed by atoms with Crippen LogP contribution in [0.3, 0.4) is 0 Å². The number of hydrogen-bond donors (Lipinski definition) is 2. The molecule has 0 bridgehead atoms. The van der Waals surface area contributed by atoms with Gasteiger partial charge in [0.15, 0.2) is 0 Å². The fourth-order valence-corrected chi connectivity index (χ4v) is 1.92. The van der Waals surface area contributed by atoms with Crippen molar-refractivity contribution in [1.82, 2.24) is 10.6 Å². The van der Waals surface area contributed by atoms with Crippen molar-refractivity contribution in [2.75, 3.05) is 6.61 Å². The standard InChI is InChI=1S/C13H11ClN2O4/c1-2-20-9-4-7(3-8(14)6-9)5-10-11(17)15-13(19)16-12(10)18/h3-6H,2H2,1H3,(H2,15,16,17,18,19). The quantitative estimate of drug-likeness (QED) is 0.653. The Bertz CT molecular complexity index is 603. The van der Waals surface area contributed by atoms with Crippen molar-refractivity contribution < 1.29 is 19.1 Å². The Balaban J connectivity index is 2.36. The third-order valence-electron chi connectivity index (χ3n) is 2.46. The lowest BCUT2D eigenvalue weighted by atomic mass is 10.1. The average Bonchev–Trinajstić information content (AvgIpc) is 2.33. The maximum atomic E-state index is 11.6. The number of imide groups is 2. The fraction of sp³-hybridized carbons (Fsp3) is 0.154. The van der Waals surface area contributed by atoms with Gasteiger partial charge in [-0.3, -0.25) is 20.2 Å². The third kappa shape index (κ3) is 3.16. The molecular weight excluding hydrogens is 284 g/mol. The molecular formula is C13H11ClN2O4. The van der Waals surface area contributed by atoms with Crippen LogP contribution in [0.15, 0.2) is 23.8 Å². The summed E-state index contributed by atoms with van der Waals surface area (Å²) in [4.78, 5) is 34.1. The molecule has 6 nitrogen and oxygen atoms in total. The monoisotopic (exact) mass is 294 g/mol. The number of carbonyl (C=O) groups excluding carboxylic acids is 3. The molecule has 1 saturated heterocycles. The van der Waals surface area contributed by atoms with Crippen molar-refractivity contribution in [2.24, 2.45) is 0 Å². The highest BCUT2D eigenvalue weighted by Gasteiger charge is 2.27. The largest absolute Gasteiger partial charge is 0.494 e. The Kier molecular flexibility index (Phi) is 4.05. The van der Waals surface area contributed by atoms with Gasteiger partial charge in [0, 0.05) is 5.02 Å². The van der Waals surface area contributed by atoms with Crippen LogP contribution in [0.4, 0.5) is 4.79 Å². The average molecular weight is 295 g/mol. The summed E-state index contributed by atoms with van der Waals surface area (Å²) in [6.07, 6.45) is 1.34.